The number of carboxylic acid groups (broad SMARTS) is 1. The maximum atomic E-state index is 11.0. The monoisotopic (exact) mass is 264 g/mol. The Morgan fingerprint density at radius 2 is 2.22 bits per heavy atom. The summed E-state index contributed by atoms with van der Waals surface area (Å²) < 4.78 is 0. The van der Waals surface area contributed by atoms with E-state index in [9.17, 15) is 4.79 Å². The number of carbonyl (C=O) groups is 1. The molecule has 1 aromatic rings. The van der Waals surface area contributed by atoms with Gasteiger partial charge in [-0.25, -0.2) is 0 Å². The molecule has 2 aliphatic carbocycles. The second kappa shape index (κ2) is 4.27. The molecule has 1 spiro atoms. The van der Waals surface area contributed by atoms with E-state index in [1.54, 1.807) is 0 Å². The summed E-state index contributed by atoms with van der Waals surface area (Å²) in [5.41, 5.74) is 2.84. The number of halogens is 1. The van der Waals surface area contributed by atoms with Crippen LogP contribution < -0.4 is 0 Å². The average molecular weight is 265 g/mol. The largest absolute Gasteiger partial charge is 0.481 e. The van der Waals surface area contributed by atoms with E-state index in [0.717, 1.165) is 30.7 Å². The lowest BCUT2D eigenvalue weighted by molar-refractivity contribution is -0.139. The van der Waals surface area contributed by atoms with Crippen LogP contribution in [-0.4, -0.2) is 11.1 Å². The van der Waals surface area contributed by atoms with Crippen molar-refractivity contribution in [1.29, 1.82) is 0 Å². The van der Waals surface area contributed by atoms with Crippen molar-refractivity contribution < 1.29 is 9.90 Å². The zero-order valence-electron chi connectivity index (χ0n) is 10.3. The lowest BCUT2D eigenvalue weighted by Gasteiger charge is -2.51. The zero-order chi connectivity index (χ0) is 12.8. The molecule has 0 saturated heterocycles. The number of aliphatic carboxylic acids is 1. The van der Waals surface area contributed by atoms with Crippen LogP contribution in [0.15, 0.2) is 18.2 Å². The first kappa shape index (κ1) is 12.0. The minimum absolute atomic E-state index is 0.135. The number of hydrogen-bond acceptors (Lipinski definition) is 1. The second-order valence-corrected chi connectivity index (χ2v) is 6.08. The highest BCUT2D eigenvalue weighted by Crippen LogP contribution is 2.55. The number of fused-ring (bicyclic) bond motifs is 2. The van der Waals surface area contributed by atoms with Crippen molar-refractivity contribution in [3.63, 3.8) is 0 Å². The van der Waals surface area contributed by atoms with Gasteiger partial charge in [0.05, 0.1) is 0 Å². The Morgan fingerprint density at radius 3 is 2.83 bits per heavy atom. The van der Waals surface area contributed by atoms with Gasteiger partial charge in [-0.3, -0.25) is 4.79 Å². The molecule has 0 amide bonds. The Balaban J connectivity index is 2.00. The second-order valence-electron chi connectivity index (χ2n) is 5.64. The van der Waals surface area contributed by atoms with Gasteiger partial charge in [0.1, 0.15) is 0 Å². The van der Waals surface area contributed by atoms with Crippen molar-refractivity contribution >= 4 is 17.6 Å². The molecule has 2 nitrogen and oxygen atoms in total. The molecule has 0 bridgehead atoms. The maximum Gasteiger partial charge on any atom is 0.303 e. The van der Waals surface area contributed by atoms with Gasteiger partial charge in [-0.2, -0.15) is 0 Å². The molecule has 1 unspecified atom stereocenters. The van der Waals surface area contributed by atoms with Gasteiger partial charge >= 0.3 is 5.97 Å². The van der Waals surface area contributed by atoms with E-state index in [1.807, 2.05) is 6.07 Å². The number of benzene rings is 1. The maximum absolute atomic E-state index is 11.0. The summed E-state index contributed by atoms with van der Waals surface area (Å²) in [5.74, 6) is -0.360. The number of rotatable bonds is 2. The van der Waals surface area contributed by atoms with Gasteiger partial charge in [-0.05, 0) is 60.3 Å². The quantitative estimate of drug-likeness (QED) is 0.882. The predicted octanol–water partition coefficient (Wildman–Crippen LogP) is 3.80. The molecule has 1 N–H and O–H groups in total. The Hall–Kier alpha value is -1.02. The van der Waals surface area contributed by atoms with Crippen LogP contribution in [0.2, 0.25) is 5.02 Å². The van der Waals surface area contributed by atoms with Gasteiger partial charge in [-0.1, -0.05) is 24.1 Å². The third kappa shape index (κ3) is 1.74. The molecule has 1 fully saturated rings. The van der Waals surface area contributed by atoms with Crippen molar-refractivity contribution in [2.45, 2.75) is 43.9 Å². The van der Waals surface area contributed by atoms with E-state index in [1.165, 1.54) is 17.5 Å². The number of aryl methyl sites for hydroxylation is 1. The van der Waals surface area contributed by atoms with Crippen LogP contribution in [0.4, 0.5) is 0 Å². The van der Waals surface area contributed by atoms with E-state index in [4.69, 9.17) is 16.7 Å². The number of carboxylic acids is 1. The standard InChI is InChI=1S/C15H17ClO2/c16-12-4-5-13-10(8-12)2-3-11(9-14(17)18)15(13)6-1-7-15/h4-5,8,11H,1-3,6-7,9H2,(H,17,18). The summed E-state index contributed by atoms with van der Waals surface area (Å²) in [6, 6.07) is 6.14. The summed E-state index contributed by atoms with van der Waals surface area (Å²) in [7, 11) is 0. The van der Waals surface area contributed by atoms with Crippen LogP contribution in [0.25, 0.3) is 0 Å². The fraction of sp³-hybridized carbons (Fsp3) is 0.533. The predicted molar refractivity (Wildman–Crippen MR) is 71.0 cm³/mol. The number of hydrogen-bond donors (Lipinski definition) is 1. The lowest BCUT2D eigenvalue weighted by Crippen LogP contribution is -2.46. The van der Waals surface area contributed by atoms with Crippen LogP contribution in [0, 0.1) is 5.92 Å². The van der Waals surface area contributed by atoms with Gasteiger partial charge in [0, 0.05) is 11.4 Å². The van der Waals surface area contributed by atoms with E-state index in [0.29, 0.717) is 12.3 Å². The van der Waals surface area contributed by atoms with Crippen molar-refractivity contribution in [3.05, 3.63) is 34.3 Å². The average Bonchev–Trinajstić information content (AvgIpc) is 2.26. The molecule has 0 aliphatic heterocycles. The van der Waals surface area contributed by atoms with Crippen LogP contribution in [0.1, 0.15) is 43.2 Å². The molecule has 0 aromatic heterocycles. The molecule has 0 radical (unpaired) electrons. The summed E-state index contributed by atoms with van der Waals surface area (Å²) in [4.78, 5) is 11.0. The van der Waals surface area contributed by atoms with Crippen LogP contribution in [-0.2, 0) is 16.6 Å². The fourth-order valence-electron chi connectivity index (χ4n) is 3.82. The van der Waals surface area contributed by atoms with E-state index in [-0.39, 0.29) is 5.41 Å². The minimum atomic E-state index is -0.663. The molecule has 2 aliphatic rings. The van der Waals surface area contributed by atoms with Gasteiger partial charge in [-0.15, -0.1) is 0 Å². The Morgan fingerprint density at radius 1 is 1.44 bits per heavy atom. The summed E-state index contributed by atoms with van der Waals surface area (Å²) in [5, 5.41) is 9.88. The molecule has 18 heavy (non-hydrogen) atoms. The first-order valence-corrected chi connectivity index (χ1v) is 7.00. The first-order valence-electron chi connectivity index (χ1n) is 6.62. The topological polar surface area (TPSA) is 37.3 Å². The van der Waals surface area contributed by atoms with Gasteiger partial charge in [0.15, 0.2) is 0 Å². The molecule has 3 heteroatoms. The van der Waals surface area contributed by atoms with Crippen LogP contribution in [0.5, 0.6) is 0 Å². The minimum Gasteiger partial charge on any atom is -0.481 e. The third-order valence-electron chi connectivity index (χ3n) is 4.81. The highest BCUT2D eigenvalue weighted by atomic mass is 35.5. The Labute approximate surface area is 112 Å². The normalized spacial score (nSPS) is 24.4. The van der Waals surface area contributed by atoms with Crippen molar-refractivity contribution in [2.75, 3.05) is 0 Å². The highest BCUT2D eigenvalue weighted by Gasteiger charge is 2.48. The molecular weight excluding hydrogens is 248 g/mol. The van der Waals surface area contributed by atoms with Crippen molar-refractivity contribution in [1.82, 2.24) is 0 Å². The Bertz CT molecular complexity index is 491. The van der Waals surface area contributed by atoms with E-state index < -0.39 is 5.97 Å². The smallest absolute Gasteiger partial charge is 0.303 e. The summed E-state index contributed by atoms with van der Waals surface area (Å²) in [6.45, 7) is 0. The first-order chi connectivity index (χ1) is 8.62. The van der Waals surface area contributed by atoms with Gasteiger partial charge in [0.2, 0.25) is 0 Å². The molecule has 96 valence electrons. The molecule has 0 heterocycles. The van der Waals surface area contributed by atoms with E-state index in [2.05, 4.69) is 12.1 Å². The lowest BCUT2D eigenvalue weighted by atomic mass is 9.52. The zero-order valence-corrected chi connectivity index (χ0v) is 11.0. The molecule has 3 rings (SSSR count). The summed E-state index contributed by atoms with van der Waals surface area (Å²) >= 11 is 6.06. The van der Waals surface area contributed by atoms with E-state index >= 15 is 0 Å². The molecular formula is C15H17ClO2. The molecule has 1 atom stereocenters. The third-order valence-corrected chi connectivity index (χ3v) is 5.05. The van der Waals surface area contributed by atoms with Crippen LogP contribution in [0.3, 0.4) is 0 Å². The van der Waals surface area contributed by atoms with Crippen molar-refractivity contribution in [3.8, 4) is 0 Å². The van der Waals surface area contributed by atoms with Gasteiger partial charge < -0.3 is 5.11 Å². The summed E-state index contributed by atoms with van der Waals surface area (Å²) in [6.07, 6.45) is 5.76. The van der Waals surface area contributed by atoms with Crippen LogP contribution >= 0.6 is 11.6 Å². The van der Waals surface area contributed by atoms with Crippen molar-refractivity contribution in [2.24, 2.45) is 5.92 Å². The fourth-order valence-corrected chi connectivity index (χ4v) is 4.02. The highest BCUT2D eigenvalue weighted by molar-refractivity contribution is 6.30. The molecule has 1 saturated carbocycles. The van der Waals surface area contributed by atoms with Gasteiger partial charge in [0.25, 0.3) is 0 Å². The molecule has 1 aromatic carbocycles. The SMILES string of the molecule is O=C(O)CC1CCc2cc(Cl)ccc2C12CCC2. The Kier molecular flexibility index (Phi) is 2.86.